The maximum absolute atomic E-state index is 10.9. The number of aliphatic carboxylic acids is 1. The fraction of sp³-hybridized carbons (Fsp3) is 0.368. The van der Waals surface area contributed by atoms with Crippen molar-refractivity contribution in [3.63, 3.8) is 0 Å². The molecule has 0 amide bonds. The summed E-state index contributed by atoms with van der Waals surface area (Å²) in [7, 11) is 0. The molecule has 0 aliphatic carbocycles. The minimum atomic E-state index is -0.873. The molecule has 1 saturated heterocycles. The Bertz CT molecular complexity index is 819. The number of hydrazone groups is 1. The van der Waals surface area contributed by atoms with Gasteiger partial charge in [-0.3, -0.25) is 10.2 Å². The lowest BCUT2D eigenvalue weighted by molar-refractivity contribution is -0.137. The summed E-state index contributed by atoms with van der Waals surface area (Å²) < 4.78 is 5.38. The van der Waals surface area contributed by atoms with Gasteiger partial charge in [0.25, 0.3) is 0 Å². The van der Waals surface area contributed by atoms with Gasteiger partial charge in [-0.2, -0.15) is 5.10 Å². The van der Waals surface area contributed by atoms with Crippen LogP contribution in [0, 0.1) is 6.92 Å². The van der Waals surface area contributed by atoms with E-state index >= 15 is 0 Å². The summed E-state index contributed by atoms with van der Waals surface area (Å²) in [6, 6.07) is 9.82. The third kappa shape index (κ3) is 5.75. The number of nitrogens with zero attached hydrogens (tertiary/aromatic N) is 4. The van der Waals surface area contributed by atoms with Gasteiger partial charge in [-0.15, -0.1) is 0 Å². The van der Waals surface area contributed by atoms with Crippen molar-refractivity contribution >= 4 is 23.8 Å². The Morgan fingerprint density at radius 1 is 1.33 bits per heavy atom. The highest BCUT2D eigenvalue weighted by molar-refractivity contribution is 5.80. The van der Waals surface area contributed by atoms with Crippen LogP contribution in [0.25, 0.3) is 0 Å². The van der Waals surface area contributed by atoms with Gasteiger partial charge in [0.15, 0.2) is 5.82 Å². The maximum Gasteiger partial charge on any atom is 0.303 e. The van der Waals surface area contributed by atoms with Crippen LogP contribution in [0.1, 0.15) is 23.4 Å². The average molecular weight is 369 g/mol. The van der Waals surface area contributed by atoms with Gasteiger partial charge in [0.2, 0.25) is 0 Å². The first kappa shape index (κ1) is 18.8. The zero-order valence-corrected chi connectivity index (χ0v) is 15.3. The van der Waals surface area contributed by atoms with Crippen LogP contribution in [-0.4, -0.2) is 53.6 Å². The molecule has 1 aromatic heterocycles. The van der Waals surface area contributed by atoms with Crippen LogP contribution in [0.3, 0.4) is 0 Å². The lowest BCUT2D eigenvalue weighted by atomic mass is 10.2. The number of carboxylic acids is 1. The molecule has 0 unspecified atom stereocenters. The molecule has 2 aromatic rings. The lowest BCUT2D eigenvalue weighted by Crippen LogP contribution is -2.37. The summed E-state index contributed by atoms with van der Waals surface area (Å²) in [6.45, 7) is 4.78. The third-order valence-corrected chi connectivity index (χ3v) is 4.09. The molecule has 1 aliphatic rings. The maximum atomic E-state index is 10.9. The van der Waals surface area contributed by atoms with Crippen molar-refractivity contribution in [2.75, 3.05) is 36.6 Å². The Balaban J connectivity index is 1.77. The van der Waals surface area contributed by atoms with Gasteiger partial charge in [-0.05, 0) is 12.5 Å². The van der Waals surface area contributed by atoms with Crippen LogP contribution >= 0.6 is 0 Å². The smallest absolute Gasteiger partial charge is 0.303 e. The number of carbonyl (C=O) groups is 1. The van der Waals surface area contributed by atoms with Gasteiger partial charge in [0.1, 0.15) is 11.6 Å². The Morgan fingerprint density at radius 3 is 2.89 bits per heavy atom. The van der Waals surface area contributed by atoms with Gasteiger partial charge in [-0.1, -0.05) is 29.8 Å². The first-order valence-electron chi connectivity index (χ1n) is 8.88. The highest BCUT2D eigenvalue weighted by atomic mass is 16.5. The number of nitrogens with one attached hydrogen (secondary N) is 1. The molecular weight excluding hydrogens is 346 g/mol. The highest BCUT2D eigenvalue weighted by Crippen LogP contribution is 2.18. The van der Waals surface area contributed by atoms with Crippen LogP contribution in [0.2, 0.25) is 0 Å². The predicted octanol–water partition coefficient (Wildman–Crippen LogP) is 2.08. The summed E-state index contributed by atoms with van der Waals surface area (Å²) >= 11 is 0. The van der Waals surface area contributed by atoms with E-state index in [4.69, 9.17) is 9.84 Å². The van der Waals surface area contributed by atoms with Crippen LogP contribution < -0.4 is 10.3 Å². The average Bonchev–Trinajstić information content (AvgIpc) is 2.67. The van der Waals surface area contributed by atoms with Gasteiger partial charge in [-0.25, -0.2) is 9.97 Å². The van der Waals surface area contributed by atoms with E-state index in [0.717, 1.165) is 30.0 Å². The Labute approximate surface area is 157 Å². The molecule has 0 spiro atoms. The van der Waals surface area contributed by atoms with E-state index in [-0.39, 0.29) is 12.8 Å². The van der Waals surface area contributed by atoms with Gasteiger partial charge >= 0.3 is 5.97 Å². The van der Waals surface area contributed by atoms with E-state index < -0.39 is 5.97 Å². The number of carboxylic acid groups (broad SMARTS) is 1. The number of aromatic nitrogens is 2. The van der Waals surface area contributed by atoms with E-state index in [9.17, 15) is 4.79 Å². The zero-order chi connectivity index (χ0) is 19.1. The van der Waals surface area contributed by atoms with E-state index in [2.05, 4.69) is 25.4 Å². The summed E-state index contributed by atoms with van der Waals surface area (Å²) in [5.74, 6) is 0.898. The lowest BCUT2D eigenvalue weighted by Gasteiger charge is -2.28. The van der Waals surface area contributed by atoms with Gasteiger partial charge in [0.05, 0.1) is 25.8 Å². The van der Waals surface area contributed by atoms with Crippen LogP contribution in [0.15, 0.2) is 35.4 Å². The van der Waals surface area contributed by atoms with Crippen molar-refractivity contribution in [1.29, 1.82) is 0 Å². The van der Waals surface area contributed by atoms with Gasteiger partial charge < -0.3 is 14.7 Å². The second-order valence-corrected chi connectivity index (χ2v) is 6.30. The van der Waals surface area contributed by atoms with E-state index in [1.165, 1.54) is 0 Å². The topological polar surface area (TPSA) is 99.9 Å². The first-order valence-corrected chi connectivity index (χ1v) is 8.88. The molecule has 0 radical (unpaired) electrons. The fourth-order valence-corrected chi connectivity index (χ4v) is 2.75. The summed E-state index contributed by atoms with van der Waals surface area (Å²) in [4.78, 5) is 21.9. The summed E-state index contributed by atoms with van der Waals surface area (Å²) in [5, 5.41) is 13.2. The molecule has 0 atom stereocenters. The molecule has 2 N–H and O–H groups in total. The second kappa shape index (κ2) is 9.09. The summed E-state index contributed by atoms with van der Waals surface area (Å²) in [6.07, 6.45) is 1.97. The molecule has 1 aliphatic heterocycles. The van der Waals surface area contributed by atoms with E-state index in [0.29, 0.717) is 24.9 Å². The largest absolute Gasteiger partial charge is 0.481 e. The molecule has 142 valence electrons. The minimum absolute atomic E-state index is 0.0153. The molecule has 2 heterocycles. The highest BCUT2D eigenvalue weighted by Gasteiger charge is 2.15. The quantitative estimate of drug-likeness (QED) is 0.569. The standard InChI is InChI=1S/C19H23N5O3/c1-14-3-2-4-15(11-14)13-20-23-17-12-18(24-7-9-27-10-8-24)22-16(21-17)5-6-19(25)26/h2-4,11-13H,5-10H2,1H3,(H,25,26)(H,21,22,23)/b20-13+. The van der Waals surface area contributed by atoms with Crippen molar-refractivity contribution in [3.05, 3.63) is 47.3 Å². The molecule has 0 saturated carbocycles. The Morgan fingerprint density at radius 2 is 2.15 bits per heavy atom. The molecule has 8 heteroatoms. The second-order valence-electron chi connectivity index (χ2n) is 6.30. The number of anilines is 2. The van der Waals surface area contributed by atoms with Crippen LogP contribution in [0.4, 0.5) is 11.6 Å². The fourth-order valence-electron chi connectivity index (χ4n) is 2.75. The van der Waals surface area contributed by atoms with E-state index in [1.807, 2.05) is 37.3 Å². The van der Waals surface area contributed by atoms with Crippen molar-refractivity contribution in [3.8, 4) is 0 Å². The van der Waals surface area contributed by atoms with Crippen molar-refractivity contribution in [2.24, 2.45) is 5.10 Å². The molecule has 1 fully saturated rings. The number of benzene rings is 1. The number of rotatable bonds is 7. The number of ether oxygens (including phenoxy) is 1. The van der Waals surface area contributed by atoms with Crippen LogP contribution in [-0.2, 0) is 16.0 Å². The monoisotopic (exact) mass is 369 g/mol. The van der Waals surface area contributed by atoms with E-state index in [1.54, 1.807) is 6.21 Å². The molecule has 27 heavy (non-hydrogen) atoms. The van der Waals surface area contributed by atoms with Crippen molar-refractivity contribution in [1.82, 2.24) is 9.97 Å². The first-order chi connectivity index (χ1) is 13.1. The summed E-state index contributed by atoms with van der Waals surface area (Å²) in [5.41, 5.74) is 5.07. The van der Waals surface area contributed by atoms with Crippen molar-refractivity contribution < 1.29 is 14.6 Å². The normalized spacial score (nSPS) is 14.5. The molecule has 3 rings (SSSR count). The van der Waals surface area contributed by atoms with Gasteiger partial charge in [0, 0.05) is 25.6 Å². The molecular formula is C19H23N5O3. The molecule has 1 aromatic carbocycles. The van der Waals surface area contributed by atoms with Crippen LogP contribution in [0.5, 0.6) is 0 Å². The molecule has 8 nitrogen and oxygen atoms in total. The Kier molecular flexibility index (Phi) is 6.32. The Hall–Kier alpha value is -3.00. The number of morpholine rings is 1. The third-order valence-electron chi connectivity index (χ3n) is 4.09. The number of hydrogen-bond donors (Lipinski definition) is 2. The van der Waals surface area contributed by atoms with Crippen molar-refractivity contribution in [2.45, 2.75) is 19.8 Å². The number of aryl methyl sites for hydroxylation is 2. The predicted molar refractivity (Wildman–Crippen MR) is 103 cm³/mol. The minimum Gasteiger partial charge on any atom is -0.481 e. The SMILES string of the molecule is Cc1cccc(/C=N/Nc2cc(N3CCOCC3)nc(CCC(=O)O)n2)c1. The zero-order valence-electron chi connectivity index (χ0n) is 15.3. The number of hydrogen-bond acceptors (Lipinski definition) is 7. The molecule has 0 bridgehead atoms.